The van der Waals surface area contributed by atoms with Gasteiger partial charge in [0.25, 0.3) is 0 Å². The smallest absolute Gasteiger partial charge is 0.410 e. The summed E-state index contributed by atoms with van der Waals surface area (Å²) in [7, 11) is 0.308. The van der Waals surface area contributed by atoms with Crippen molar-refractivity contribution in [2.75, 3.05) is 38.2 Å². The first-order valence-corrected chi connectivity index (χ1v) is 20.4. The Bertz CT molecular complexity index is 1440. The first kappa shape index (κ1) is 38.4. The van der Waals surface area contributed by atoms with E-state index in [0.29, 0.717) is 49.4 Å². The van der Waals surface area contributed by atoms with Gasteiger partial charge in [-0.25, -0.2) is 4.79 Å². The van der Waals surface area contributed by atoms with Crippen LogP contribution >= 0.6 is 0 Å². The molecule has 0 radical (unpaired) electrons. The number of carbonyl (C=O) groups is 2. The van der Waals surface area contributed by atoms with Crippen LogP contribution in [0.1, 0.15) is 107 Å². The minimum atomic E-state index is -5.59. The lowest BCUT2D eigenvalue weighted by Crippen LogP contribution is -2.50. The molecule has 2 amide bonds. The molecule has 6 rings (SSSR count). The maximum absolute atomic E-state index is 13.4. The Kier molecular flexibility index (Phi) is 11.8. The highest BCUT2D eigenvalue weighted by Crippen LogP contribution is 2.63. The van der Waals surface area contributed by atoms with E-state index in [0.717, 1.165) is 76.3 Å². The molecule has 2 heterocycles. The third kappa shape index (κ3) is 8.14. The van der Waals surface area contributed by atoms with Gasteiger partial charge in [0.05, 0.1) is 6.10 Å². The van der Waals surface area contributed by atoms with E-state index in [2.05, 4.69) is 13.0 Å². The molecule has 3 aliphatic carbocycles. The molecule has 0 aromatic heterocycles. The fourth-order valence-electron chi connectivity index (χ4n) is 10.4. The van der Waals surface area contributed by atoms with Crippen molar-refractivity contribution in [3.05, 3.63) is 29.3 Å². The lowest BCUT2D eigenvalue weighted by atomic mass is 9.52. The standard InChI is InChI=1S/C38H53F5N2O5S/c1-36-17-13-30-29-10-9-28(50-35(47)44-19-14-27(15-20-44)45-18-4-3-8-33(45)46)24-26(29)23-25(34(30)31(36)11-12-32(36)49-2)7-5-21-51(48)22-6-16-37(39,40)38(41,42)43/h9-10,24-25,27,30-32,34H,3-8,11-23H2,1-2H3/t25-,30-,31+,32+,34-,36+,51?/m1/s1. The molecule has 1 unspecified atom stereocenters. The molecule has 7 atom stereocenters. The fraction of sp³-hybridized carbons (Fsp3) is 0.789. The number of methoxy groups -OCH3 is 1. The van der Waals surface area contributed by atoms with E-state index in [1.807, 2.05) is 17.0 Å². The van der Waals surface area contributed by atoms with Gasteiger partial charge >= 0.3 is 18.2 Å². The van der Waals surface area contributed by atoms with Crippen molar-refractivity contribution in [2.45, 2.75) is 127 Å². The largest absolute Gasteiger partial charge is 0.453 e. The SMILES string of the molecule is CO[C@H]1CC[C@H]2[C@@H]3[C@H](CCCS(=O)CCCC(F)(F)C(F)(F)F)Cc4cc(OC(=O)N5CCC(N6CCCCC6=O)CC5)ccc4[C@H]3CC[C@]12C. The zero-order chi connectivity index (χ0) is 36.6. The number of fused-ring (bicyclic) bond motifs is 5. The van der Waals surface area contributed by atoms with Crippen molar-refractivity contribution in [3.8, 4) is 5.75 Å². The quantitative estimate of drug-likeness (QED) is 0.214. The summed E-state index contributed by atoms with van der Waals surface area (Å²) >= 11 is 0. The number of hydrogen-bond acceptors (Lipinski definition) is 5. The average molecular weight is 745 g/mol. The number of benzene rings is 1. The number of nitrogens with zero attached hydrogens (tertiary/aromatic N) is 2. The van der Waals surface area contributed by atoms with Crippen LogP contribution in [0, 0.1) is 23.2 Å². The molecular weight excluding hydrogens is 691 g/mol. The molecule has 1 aromatic carbocycles. The number of halogens is 5. The Labute approximate surface area is 300 Å². The average Bonchev–Trinajstić information content (AvgIpc) is 3.44. The van der Waals surface area contributed by atoms with Crippen molar-refractivity contribution >= 4 is 22.8 Å². The van der Waals surface area contributed by atoms with Gasteiger partial charge in [0.2, 0.25) is 5.91 Å². The van der Waals surface area contributed by atoms with E-state index >= 15 is 0 Å². The van der Waals surface area contributed by atoms with Crippen LogP contribution in [0.4, 0.5) is 26.7 Å². The fourth-order valence-corrected chi connectivity index (χ4v) is 11.6. The van der Waals surface area contributed by atoms with Crippen molar-refractivity contribution in [2.24, 2.45) is 23.2 Å². The number of ether oxygens (including phenoxy) is 2. The van der Waals surface area contributed by atoms with Gasteiger partial charge in [-0.3, -0.25) is 9.00 Å². The topological polar surface area (TPSA) is 76.2 Å². The Hall–Kier alpha value is -2.28. The van der Waals surface area contributed by atoms with E-state index in [-0.39, 0.29) is 47.0 Å². The first-order chi connectivity index (χ1) is 24.2. The molecule has 7 nitrogen and oxygen atoms in total. The molecule has 5 aliphatic rings. The van der Waals surface area contributed by atoms with Gasteiger partial charge in [-0.15, -0.1) is 0 Å². The summed E-state index contributed by atoms with van der Waals surface area (Å²) in [5.41, 5.74) is 2.50. The zero-order valence-corrected chi connectivity index (χ0v) is 30.7. The summed E-state index contributed by atoms with van der Waals surface area (Å²) in [4.78, 5) is 29.4. The summed E-state index contributed by atoms with van der Waals surface area (Å²) in [5.74, 6) is -2.54. The molecule has 2 saturated heterocycles. The molecule has 2 aliphatic heterocycles. The van der Waals surface area contributed by atoms with E-state index in [9.17, 15) is 35.8 Å². The summed E-state index contributed by atoms with van der Waals surface area (Å²) in [6, 6.07) is 6.19. The number of likely N-dealkylation sites (tertiary alicyclic amines) is 2. The highest BCUT2D eigenvalue weighted by atomic mass is 32.2. The van der Waals surface area contributed by atoms with Gasteiger partial charge in [0, 0.05) is 67.9 Å². The molecule has 0 bridgehead atoms. The Morgan fingerprint density at radius 3 is 2.45 bits per heavy atom. The molecule has 51 heavy (non-hydrogen) atoms. The van der Waals surface area contributed by atoms with Gasteiger partial charge in [-0.05, 0) is 129 Å². The highest BCUT2D eigenvalue weighted by Gasteiger charge is 2.58. The molecule has 2 saturated carbocycles. The number of rotatable bonds is 11. The van der Waals surface area contributed by atoms with Crippen molar-refractivity contribution in [1.82, 2.24) is 9.80 Å². The van der Waals surface area contributed by atoms with Gasteiger partial charge in [0.1, 0.15) is 5.75 Å². The van der Waals surface area contributed by atoms with Crippen LogP contribution in [0.3, 0.4) is 0 Å². The van der Waals surface area contributed by atoms with Gasteiger partial charge < -0.3 is 19.3 Å². The summed E-state index contributed by atoms with van der Waals surface area (Å²) in [6.45, 7) is 4.23. The number of amides is 2. The molecule has 286 valence electrons. The van der Waals surface area contributed by atoms with Crippen molar-refractivity contribution < 1.29 is 45.2 Å². The maximum atomic E-state index is 13.4. The lowest BCUT2D eigenvalue weighted by molar-refractivity contribution is -0.284. The molecule has 4 fully saturated rings. The first-order valence-electron chi connectivity index (χ1n) is 18.9. The number of carbonyl (C=O) groups excluding carboxylic acids is 2. The Morgan fingerprint density at radius 2 is 1.75 bits per heavy atom. The third-order valence-corrected chi connectivity index (χ3v) is 14.5. The second-order valence-corrected chi connectivity index (χ2v) is 17.6. The van der Waals surface area contributed by atoms with Crippen LogP contribution in [-0.4, -0.2) is 88.5 Å². The van der Waals surface area contributed by atoms with Crippen LogP contribution in [0.15, 0.2) is 18.2 Å². The number of alkyl halides is 5. The van der Waals surface area contributed by atoms with E-state index < -0.39 is 35.7 Å². The van der Waals surface area contributed by atoms with Crippen LogP contribution in [-0.2, 0) is 26.8 Å². The summed E-state index contributed by atoms with van der Waals surface area (Å²) in [6.07, 6.45) is 2.75. The van der Waals surface area contributed by atoms with E-state index in [1.165, 1.54) is 5.56 Å². The van der Waals surface area contributed by atoms with Crippen molar-refractivity contribution in [1.29, 1.82) is 0 Å². The minimum absolute atomic E-state index is 0.0579. The van der Waals surface area contributed by atoms with Crippen LogP contribution in [0.2, 0.25) is 0 Å². The lowest BCUT2D eigenvalue weighted by Gasteiger charge is -2.53. The van der Waals surface area contributed by atoms with Crippen LogP contribution in [0.25, 0.3) is 0 Å². The predicted octanol–water partition coefficient (Wildman–Crippen LogP) is 8.27. The molecule has 0 N–H and O–H groups in total. The molecule has 0 spiro atoms. The number of piperidine rings is 2. The van der Waals surface area contributed by atoms with Gasteiger partial charge in [0.15, 0.2) is 0 Å². The van der Waals surface area contributed by atoms with Crippen molar-refractivity contribution in [3.63, 3.8) is 0 Å². The molecule has 1 aromatic rings. The Morgan fingerprint density at radius 1 is 1.00 bits per heavy atom. The van der Waals surface area contributed by atoms with Crippen LogP contribution < -0.4 is 4.74 Å². The highest BCUT2D eigenvalue weighted by molar-refractivity contribution is 7.84. The third-order valence-electron chi connectivity index (χ3n) is 13.0. The predicted molar refractivity (Wildman–Crippen MR) is 184 cm³/mol. The second-order valence-electron chi connectivity index (χ2n) is 15.9. The maximum Gasteiger partial charge on any atom is 0.453 e. The normalized spacial score (nSPS) is 30.8. The second kappa shape index (κ2) is 15.6. The summed E-state index contributed by atoms with van der Waals surface area (Å²) < 4.78 is 89.0. The van der Waals surface area contributed by atoms with Gasteiger partial charge in [-0.2, -0.15) is 22.0 Å². The van der Waals surface area contributed by atoms with Gasteiger partial charge in [-0.1, -0.05) is 13.0 Å². The summed E-state index contributed by atoms with van der Waals surface area (Å²) in [5, 5.41) is 0. The molecule has 13 heteroatoms. The van der Waals surface area contributed by atoms with Crippen LogP contribution in [0.5, 0.6) is 5.75 Å². The minimum Gasteiger partial charge on any atom is -0.410 e. The molecular formula is C38H53F5N2O5S. The zero-order valence-electron chi connectivity index (χ0n) is 29.9. The van der Waals surface area contributed by atoms with E-state index in [1.54, 1.807) is 12.0 Å². The Balaban J connectivity index is 1.10. The number of hydrogen-bond donors (Lipinski definition) is 0. The van der Waals surface area contributed by atoms with E-state index in [4.69, 9.17) is 9.47 Å². The monoisotopic (exact) mass is 744 g/mol.